The minimum absolute atomic E-state index is 0.0953. The lowest BCUT2D eigenvalue weighted by Crippen LogP contribution is -2.09. The maximum Gasteiger partial charge on any atom is 0.120 e. The van der Waals surface area contributed by atoms with Crippen LogP contribution in [0.25, 0.3) is 0 Å². The highest BCUT2D eigenvalue weighted by molar-refractivity contribution is 5.32. The van der Waals surface area contributed by atoms with Crippen molar-refractivity contribution in [1.82, 2.24) is 4.57 Å². The number of hydrogen-bond donors (Lipinski definition) is 0. The molecule has 0 unspecified atom stereocenters. The lowest BCUT2D eigenvalue weighted by atomic mass is 9.89. The molecule has 0 saturated heterocycles. The van der Waals surface area contributed by atoms with E-state index in [-0.39, 0.29) is 5.41 Å². The molecule has 2 heteroatoms. The minimum Gasteiger partial charge on any atom is -0.335 e. The number of hydrogen-bond acceptors (Lipinski definition) is 1. The van der Waals surface area contributed by atoms with Crippen molar-refractivity contribution in [1.29, 1.82) is 5.26 Å². The smallest absolute Gasteiger partial charge is 0.120 e. The molecule has 0 aliphatic rings. The summed E-state index contributed by atoms with van der Waals surface area (Å²) in [5.41, 5.74) is 1.99. The Bertz CT molecular complexity index is 372. The van der Waals surface area contributed by atoms with Crippen molar-refractivity contribution in [2.75, 3.05) is 0 Å². The average molecular weight is 188 g/mol. The first-order valence-electron chi connectivity index (χ1n) is 4.70. The predicted octanol–water partition coefficient (Wildman–Crippen LogP) is 2.84. The summed E-state index contributed by atoms with van der Waals surface area (Å²) < 4.78 is 1.92. The average Bonchev–Trinajstić information content (AvgIpc) is 2.47. The second kappa shape index (κ2) is 3.71. The fourth-order valence-corrected chi connectivity index (χ4v) is 1.30. The molecule has 1 heterocycles. The van der Waals surface area contributed by atoms with Crippen LogP contribution in [0.4, 0.5) is 0 Å². The van der Waals surface area contributed by atoms with Gasteiger partial charge in [-0.1, -0.05) is 26.8 Å². The topological polar surface area (TPSA) is 28.7 Å². The molecule has 0 fully saturated rings. The van der Waals surface area contributed by atoms with Gasteiger partial charge < -0.3 is 4.57 Å². The molecular weight excluding hydrogens is 172 g/mol. The lowest BCUT2D eigenvalue weighted by molar-refractivity contribution is 0.588. The van der Waals surface area contributed by atoms with Gasteiger partial charge in [-0.3, -0.25) is 0 Å². The Morgan fingerprint density at radius 2 is 2.21 bits per heavy atom. The maximum absolute atomic E-state index is 8.92. The van der Waals surface area contributed by atoms with Crippen LogP contribution in [0.5, 0.6) is 0 Å². The summed E-state index contributed by atoms with van der Waals surface area (Å²) in [6.45, 7) is 10.8. The predicted molar refractivity (Wildman–Crippen MR) is 58.0 cm³/mol. The molecule has 0 aromatic carbocycles. The van der Waals surface area contributed by atoms with E-state index in [2.05, 4.69) is 33.4 Å². The first kappa shape index (κ1) is 10.6. The highest BCUT2D eigenvalue weighted by atomic mass is 15.0. The number of aromatic nitrogens is 1. The van der Waals surface area contributed by atoms with Crippen LogP contribution in [0.1, 0.15) is 32.0 Å². The van der Waals surface area contributed by atoms with Gasteiger partial charge in [-0.2, -0.15) is 5.26 Å². The van der Waals surface area contributed by atoms with Crippen molar-refractivity contribution in [2.45, 2.75) is 32.7 Å². The third-order valence-electron chi connectivity index (χ3n) is 2.20. The molecule has 0 amide bonds. The molecule has 0 spiro atoms. The van der Waals surface area contributed by atoms with Crippen LogP contribution in [-0.2, 0) is 12.0 Å². The summed E-state index contributed by atoms with van der Waals surface area (Å²) in [4.78, 5) is 0. The number of allylic oxidation sites excluding steroid dienone is 1. The largest absolute Gasteiger partial charge is 0.335 e. The van der Waals surface area contributed by atoms with E-state index in [1.54, 1.807) is 6.08 Å². The first-order chi connectivity index (χ1) is 6.49. The second-order valence-electron chi connectivity index (χ2n) is 4.42. The van der Waals surface area contributed by atoms with Crippen molar-refractivity contribution in [3.63, 3.8) is 0 Å². The van der Waals surface area contributed by atoms with Crippen molar-refractivity contribution in [3.8, 4) is 6.07 Å². The Morgan fingerprint density at radius 1 is 1.57 bits per heavy atom. The van der Waals surface area contributed by atoms with Gasteiger partial charge in [-0.05, 0) is 17.0 Å². The van der Waals surface area contributed by atoms with E-state index < -0.39 is 0 Å². The zero-order valence-electron chi connectivity index (χ0n) is 9.04. The summed E-state index contributed by atoms with van der Waals surface area (Å²) in [6, 6.07) is 4.14. The van der Waals surface area contributed by atoms with Gasteiger partial charge in [0.2, 0.25) is 0 Å². The number of rotatable bonds is 2. The van der Waals surface area contributed by atoms with Crippen LogP contribution in [0.15, 0.2) is 24.9 Å². The molecular formula is C12H16N2. The Morgan fingerprint density at radius 3 is 2.64 bits per heavy atom. The van der Waals surface area contributed by atoms with Crippen LogP contribution < -0.4 is 0 Å². The summed E-state index contributed by atoms with van der Waals surface area (Å²) in [5.74, 6) is 0. The van der Waals surface area contributed by atoms with Gasteiger partial charge in [0, 0.05) is 12.7 Å². The molecule has 0 N–H and O–H groups in total. The molecule has 0 atom stereocenters. The SMILES string of the molecule is C=CCn1cc(C(C)(C)C)cc1C#N. The molecule has 1 aromatic rings. The van der Waals surface area contributed by atoms with E-state index in [0.29, 0.717) is 12.2 Å². The van der Waals surface area contributed by atoms with Crippen LogP contribution in [0.3, 0.4) is 0 Å². The standard InChI is InChI=1S/C12H16N2/c1-5-6-14-9-10(12(2,3)4)7-11(14)8-13/h5,7,9H,1,6H2,2-4H3. The fourth-order valence-electron chi connectivity index (χ4n) is 1.30. The van der Waals surface area contributed by atoms with Gasteiger partial charge in [0.15, 0.2) is 0 Å². The Labute approximate surface area is 85.5 Å². The number of nitriles is 1. The Kier molecular flexibility index (Phi) is 2.81. The highest BCUT2D eigenvalue weighted by Gasteiger charge is 2.17. The Balaban J connectivity index is 3.14. The van der Waals surface area contributed by atoms with E-state index in [9.17, 15) is 0 Å². The first-order valence-corrected chi connectivity index (χ1v) is 4.70. The molecule has 0 saturated carbocycles. The molecule has 2 nitrogen and oxygen atoms in total. The molecule has 14 heavy (non-hydrogen) atoms. The summed E-state index contributed by atoms with van der Waals surface area (Å²) >= 11 is 0. The molecule has 1 aromatic heterocycles. The van der Waals surface area contributed by atoms with Gasteiger partial charge in [0.1, 0.15) is 11.8 Å². The summed E-state index contributed by atoms with van der Waals surface area (Å²) in [5, 5.41) is 8.92. The van der Waals surface area contributed by atoms with Crippen molar-refractivity contribution in [3.05, 3.63) is 36.2 Å². The highest BCUT2D eigenvalue weighted by Crippen LogP contribution is 2.24. The van der Waals surface area contributed by atoms with Gasteiger partial charge in [0.05, 0.1) is 0 Å². The van der Waals surface area contributed by atoms with Gasteiger partial charge in [-0.15, -0.1) is 6.58 Å². The van der Waals surface area contributed by atoms with Crippen LogP contribution in [0, 0.1) is 11.3 Å². The fraction of sp³-hybridized carbons (Fsp3) is 0.417. The monoisotopic (exact) mass is 188 g/mol. The number of nitrogens with zero attached hydrogens (tertiary/aromatic N) is 2. The molecule has 0 bridgehead atoms. The van der Waals surface area contributed by atoms with Gasteiger partial charge in [0.25, 0.3) is 0 Å². The van der Waals surface area contributed by atoms with Gasteiger partial charge in [-0.25, -0.2) is 0 Å². The van der Waals surface area contributed by atoms with Crippen LogP contribution in [-0.4, -0.2) is 4.57 Å². The quantitative estimate of drug-likeness (QED) is 0.656. The van der Waals surface area contributed by atoms with E-state index in [4.69, 9.17) is 5.26 Å². The Hall–Kier alpha value is -1.49. The van der Waals surface area contributed by atoms with E-state index >= 15 is 0 Å². The van der Waals surface area contributed by atoms with Crippen LogP contribution in [0.2, 0.25) is 0 Å². The molecule has 0 aliphatic heterocycles. The van der Waals surface area contributed by atoms with E-state index in [1.165, 1.54) is 5.56 Å². The summed E-state index contributed by atoms with van der Waals surface area (Å²) in [7, 11) is 0. The van der Waals surface area contributed by atoms with Crippen LogP contribution >= 0.6 is 0 Å². The maximum atomic E-state index is 8.92. The molecule has 0 radical (unpaired) electrons. The molecule has 1 rings (SSSR count). The van der Waals surface area contributed by atoms with E-state index in [0.717, 1.165) is 0 Å². The molecule has 0 aliphatic carbocycles. The van der Waals surface area contributed by atoms with Crippen molar-refractivity contribution < 1.29 is 0 Å². The third-order valence-corrected chi connectivity index (χ3v) is 2.20. The van der Waals surface area contributed by atoms with Crippen molar-refractivity contribution in [2.24, 2.45) is 0 Å². The summed E-state index contributed by atoms with van der Waals surface area (Å²) in [6.07, 6.45) is 3.83. The van der Waals surface area contributed by atoms with Gasteiger partial charge >= 0.3 is 0 Å². The minimum atomic E-state index is 0.0953. The lowest BCUT2D eigenvalue weighted by Gasteiger charge is -2.15. The normalized spacial score (nSPS) is 11.0. The van der Waals surface area contributed by atoms with Crippen molar-refractivity contribution >= 4 is 0 Å². The molecule has 74 valence electrons. The zero-order chi connectivity index (χ0) is 10.8. The third kappa shape index (κ3) is 2.05. The van der Waals surface area contributed by atoms with E-state index in [1.807, 2.05) is 16.8 Å². The second-order valence-corrected chi connectivity index (χ2v) is 4.42. The zero-order valence-corrected chi connectivity index (χ0v) is 9.04.